The van der Waals surface area contributed by atoms with Gasteiger partial charge in [-0.1, -0.05) is 12.1 Å². The first-order valence-electron chi connectivity index (χ1n) is 9.01. The number of hydrogen-bond donors (Lipinski definition) is 1. The fourth-order valence-electron chi connectivity index (χ4n) is 3.50. The second-order valence-corrected chi connectivity index (χ2v) is 7.40. The van der Waals surface area contributed by atoms with E-state index in [0.717, 1.165) is 17.1 Å². The fourth-order valence-corrected chi connectivity index (χ4v) is 3.50. The first-order chi connectivity index (χ1) is 12.9. The summed E-state index contributed by atoms with van der Waals surface area (Å²) >= 11 is 0. The van der Waals surface area contributed by atoms with Crippen LogP contribution in [0.25, 0.3) is 0 Å². The van der Waals surface area contributed by atoms with Gasteiger partial charge in [-0.25, -0.2) is 0 Å². The molecule has 0 radical (unpaired) electrons. The maximum atomic E-state index is 12.8. The van der Waals surface area contributed by atoms with Gasteiger partial charge in [0.05, 0.1) is 13.2 Å². The summed E-state index contributed by atoms with van der Waals surface area (Å²) in [6.45, 7) is 4.20. The average Bonchev–Trinajstić information content (AvgIpc) is 2.66. The predicted octanol–water partition coefficient (Wildman–Crippen LogP) is 3.25. The summed E-state index contributed by atoms with van der Waals surface area (Å²) in [5.74, 6) is 2.49. The number of para-hydroxylation sites is 2. The second-order valence-electron chi connectivity index (χ2n) is 7.40. The minimum absolute atomic E-state index is 0.178. The van der Waals surface area contributed by atoms with Gasteiger partial charge in [0.25, 0.3) is 5.91 Å². The van der Waals surface area contributed by atoms with Crippen molar-refractivity contribution in [3.63, 3.8) is 0 Å². The number of fused-ring (bicyclic) bond motifs is 2. The summed E-state index contributed by atoms with van der Waals surface area (Å²) in [6.07, 6.45) is -0.0325. The molecule has 0 aromatic heterocycles. The summed E-state index contributed by atoms with van der Waals surface area (Å²) in [4.78, 5) is 12.8. The summed E-state index contributed by atoms with van der Waals surface area (Å²) in [5.41, 5.74) is 0.522. The van der Waals surface area contributed by atoms with Crippen molar-refractivity contribution in [2.45, 2.75) is 38.0 Å². The molecule has 2 heterocycles. The minimum Gasteiger partial charge on any atom is -0.497 e. The lowest BCUT2D eigenvalue weighted by Crippen LogP contribution is -2.48. The van der Waals surface area contributed by atoms with Crippen LogP contribution in [0.5, 0.6) is 23.0 Å². The molecular formula is C21H23NO5. The second kappa shape index (κ2) is 6.68. The Balaban J connectivity index is 1.53. The van der Waals surface area contributed by atoms with E-state index in [2.05, 4.69) is 5.32 Å². The Morgan fingerprint density at radius 3 is 2.70 bits per heavy atom. The number of hydrogen-bond acceptors (Lipinski definition) is 5. The first kappa shape index (κ1) is 17.5. The summed E-state index contributed by atoms with van der Waals surface area (Å²) in [6, 6.07) is 12.8. The number of rotatable bonds is 3. The number of amides is 1. The van der Waals surface area contributed by atoms with Crippen LogP contribution in [0.15, 0.2) is 42.5 Å². The number of benzene rings is 2. The zero-order valence-corrected chi connectivity index (χ0v) is 15.7. The molecule has 0 spiro atoms. The van der Waals surface area contributed by atoms with Gasteiger partial charge in [0.15, 0.2) is 11.5 Å². The molecule has 0 saturated heterocycles. The molecule has 2 aliphatic rings. The van der Waals surface area contributed by atoms with Gasteiger partial charge in [0.1, 0.15) is 23.7 Å². The lowest BCUT2D eigenvalue weighted by Gasteiger charge is -2.38. The van der Waals surface area contributed by atoms with Gasteiger partial charge in [0, 0.05) is 18.1 Å². The molecule has 0 bridgehead atoms. The first-order valence-corrected chi connectivity index (χ1v) is 9.01. The van der Waals surface area contributed by atoms with E-state index in [4.69, 9.17) is 18.9 Å². The van der Waals surface area contributed by atoms with Gasteiger partial charge in [-0.2, -0.15) is 0 Å². The van der Waals surface area contributed by atoms with E-state index in [-0.39, 0.29) is 18.6 Å². The number of ether oxygens (including phenoxy) is 4. The number of carbonyl (C=O) groups excluding carboxylic acids is 1. The fraction of sp³-hybridized carbons (Fsp3) is 0.381. The Morgan fingerprint density at radius 1 is 1.15 bits per heavy atom. The van der Waals surface area contributed by atoms with Crippen LogP contribution in [0.3, 0.4) is 0 Å². The van der Waals surface area contributed by atoms with Gasteiger partial charge >= 0.3 is 0 Å². The maximum absolute atomic E-state index is 12.8. The lowest BCUT2D eigenvalue weighted by atomic mass is 9.89. The topological polar surface area (TPSA) is 66.0 Å². The molecular weight excluding hydrogens is 346 g/mol. The molecule has 2 aliphatic heterocycles. The standard InChI is InChI=1S/C21H23NO5/c1-21(2)11-15(14-9-8-13(24-3)10-18(14)27-21)22-20(23)19-12-25-16-6-4-5-7-17(16)26-19/h4-10,15,19H,11-12H2,1-3H3,(H,22,23)/t15-,19+/m0/s1. The Bertz CT molecular complexity index is 863. The quantitative estimate of drug-likeness (QED) is 0.900. The molecule has 0 aliphatic carbocycles. The third-order valence-electron chi connectivity index (χ3n) is 4.80. The van der Waals surface area contributed by atoms with Crippen molar-refractivity contribution in [3.8, 4) is 23.0 Å². The SMILES string of the molecule is COc1ccc2c(c1)OC(C)(C)C[C@@H]2NC(=O)[C@H]1COc2ccccc2O1. The van der Waals surface area contributed by atoms with Gasteiger partial charge in [0.2, 0.25) is 6.10 Å². The normalized spacial score (nSPS) is 22.2. The zero-order valence-electron chi connectivity index (χ0n) is 15.7. The van der Waals surface area contributed by atoms with Crippen molar-refractivity contribution in [1.29, 1.82) is 0 Å². The van der Waals surface area contributed by atoms with E-state index in [1.165, 1.54) is 0 Å². The Morgan fingerprint density at radius 2 is 1.93 bits per heavy atom. The van der Waals surface area contributed by atoms with Gasteiger partial charge < -0.3 is 24.3 Å². The summed E-state index contributed by atoms with van der Waals surface area (Å²) in [7, 11) is 1.62. The van der Waals surface area contributed by atoms with Crippen LogP contribution < -0.4 is 24.3 Å². The molecule has 2 aromatic carbocycles. The predicted molar refractivity (Wildman–Crippen MR) is 99.6 cm³/mol. The van der Waals surface area contributed by atoms with Crippen molar-refractivity contribution in [1.82, 2.24) is 5.32 Å². The molecule has 0 saturated carbocycles. The molecule has 1 amide bonds. The van der Waals surface area contributed by atoms with Crippen molar-refractivity contribution in [3.05, 3.63) is 48.0 Å². The highest BCUT2D eigenvalue weighted by molar-refractivity contribution is 5.82. The molecule has 6 nitrogen and oxygen atoms in total. The number of nitrogens with one attached hydrogen (secondary N) is 1. The van der Waals surface area contributed by atoms with Crippen LogP contribution in [0, 0.1) is 0 Å². The smallest absolute Gasteiger partial charge is 0.265 e. The highest BCUT2D eigenvalue weighted by Crippen LogP contribution is 2.41. The lowest BCUT2D eigenvalue weighted by molar-refractivity contribution is -0.131. The van der Waals surface area contributed by atoms with E-state index >= 15 is 0 Å². The molecule has 2 atom stereocenters. The molecule has 1 N–H and O–H groups in total. The van der Waals surface area contributed by atoms with Crippen LogP contribution in [-0.2, 0) is 4.79 Å². The zero-order chi connectivity index (χ0) is 19.0. The van der Waals surface area contributed by atoms with Gasteiger partial charge in [-0.05, 0) is 38.1 Å². The molecule has 27 heavy (non-hydrogen) atoms. The van der Waals surface area contributed by atoms with Crippen LogP contribution >= 0.6 is 0 Å². The number of carbonyl (C=O) groups is 1. The maximum Gasteiger partial charge on any atom is 0.265 e. The van der Waals surface area contributed by atoms with Crippen molar-refractivity contribution >= 4 is 5.91 Å². The van der Waals surface area contributed by atoms with E-state index in [1.807, 2.05) is 50.2 Å². The van der Waals surface area contributed by atoms with Gasteiger partial charge in [-0.15, -0.1) is 0 Å². The Labute approximate surface area is 158 Å². The third-order valence-corrected chi connectivity index (χ3v) is 4.80. The van der Waals surface area contributed by atoms with Crippen LogP contribution in [0.2, 0.25) is 0 Å². The number of methoxy groups -OCH3 is 1. The molecule has 0 unspecified atom stereocenters. The summed E-state index contributed by atoms with van der Waals surface area (Å²) in [5, 5.41) is 3.10. The van der Waals surface area contributed by atoms with Crippen LogP contribution in [0.1, 0.15) is 31.9 Å². The monoisotopic (exact) mass is 369 g/mol. The van der Waals surface area contributed by atoms with E-state index in [1.54, 1.807) is 13.2 Å². The molecule has 142 valence electrons. The van der Waals surface area contributed by atoms with E-state index in [9.17, 15) is 4.79 Å². The van der Waals surface area contributed by atoms with Crippen molar-refractivity contribution in [2.75, 3.05) is 13.7 Å². The van der Waals surface area contributed by atoms with Crippen LogP contribution in [-0.4, -0.2) is 31.3 Å². The minimum atomic E-state index is -0.687. The Hall–Kier alpha value is -2.89. The molecule has 0 fully saturated rings. The van der Waals surface area contributed by atoms with Crippen LogP contribution in [0.4, 0.5) is 0 Å². The van der Waals surface area contributed by atoms with Crippen molar-refractivity contribution < 1.29 is 23.7 Å². The highest BCUT2D eigenvalue weighted by Gasteiger charge is 2.37. The highest BCUT2D eigenvalue weighted by atomic mass is 16.6. The largest absolute Gasteiger partial charge is 0.497 e. The Kier molecular flexibility index (Phi) is 4.34. The van der Waals surface area contributed by atoms with Gasteiger partial charge in [-0.3, -0.25) is 4.79 Å². The molecule has 2 aromatic rings. The van der Waals surface area contributed by atoms with Crippen molar-refractivity contribution in [2.24, 2.45) is 0 Å². The average molecular weight is 369 g/mol. The van der Waals surface area contributed by atoms with E-state index in [0.29, 0.717) is 17.9 Å². The molecule has 4 rings (SSSR count). The summed E-state index contributed by atoms with van der Waals surface area (Å²) < 4.78 is 22.9. The molecule has 6 heteroatoms. The van der Waals surface area contributed by atoms with E-state index < -0.39 is 11.7 Å². The third kappa shape index (κ3) is 3.52.